The normalized spacial score (nSPS) is 13.6. The molecule has 0 fully saturated rings. The first kappa shape index (κ1) is 16.0. The van der Waals surface area contributed by atoms with E-state index in [0.717, 1.165) is 0 Å². The Hall–Kier alpha value is -3.34. The van der Waals surface area contributed by atoms with Crippen molar-refractivity contribution in [1.29, 1.82) is 5.26 Å². The Morgan fingerprint density at radius 2 is 2.13 bits per heavy atom. The summed E-state index contributed by atoms with van der Waals surface area (Å²) in [7, 11) is 1.39. The first-order valence-corrected chi connectivity index (χ1v) is 6.62. The number of aliphatic carboxylic acids is 1. The Morgan fingerprint density at radius 1 is 1.39 bits per heavy atom. The standard InChI is InChI=1S/C15H13N3O5/c1-23-11-6-8(17-5-4-12(19)20)2-3-9(11)13-10(7-16)14(21)18-15(13)22/h2-3,6,17H,4-5H2,1H3,(H,19,20)(H,18,21,22). The molecule has 23 heavy (non-hydrogen) atoms. The zero-order valence-electron chi connectivity index (χ0n) is 12.2. The molecular formula is C15H13N3O5. The van der Waals surface area contributed by atoms with Crippen LogP contribution in [0.4, 0.5) is 5.69 Å². The Labute approximate surface area is 131 Å². The van der Waals surface area contributed by atoms with Gasteiger partial charge in [0.25, 0.3) is 11.8 Å². The lowest BCUT2D eigenvalue weighted by atomic mass is 10.0. The average Bonchev–Trinajstić information content (AvgIpc) is 2.80. The molecule has 8 heteroatoms. The van der Waals surface area contributed by atoms with Gasteiger partial charge in [0.2, 0.25) is 0 Å². The minimum absolute atomic E-state index is 0.0357. The summed E-state index contributed by atoms with van der Waals surface area (Å²) in [5.74, 6) is -2.03. The van der Waals surface area contributed by atoms with Crippen LogP contribution in [0.15, 0.2) is 23.8 Å². The monoisotopic (exact) mass is 315 g/mol. The number of hydrogen-bond acceptors (Lipinski definition) is 6. The Bertz CT molecular complexity index is 761. The molecular weight excluding hydrogens is 302 g/mol. The topological polar surface area (TPSA) is 129 Å². The van der Waals surface area contributed by atoms with Crippen LogP contribution in [-0.2, 0) is 14.4 Å². The fourth-order valence-electron chi connectivity index (χ4n) is 2.14. The highest BCUT2D eigenvalue weighted by Gasteiger charge is 2.32. The van der Waals surface area contributed by atoms with Crippen LogP contribution in [0, 0.1) is 11.3 Å². The number of carbonyl (C=O) groups is 3. The summed E-state index contributed by atoms with van der Waals surface area (Å²) in [6, 6.07) is 6.42. The lowest BCUT2D eigenvalue weighted by Crippen LogP contribution is -2.22. The molecule has 118 valence electrons. The van der Waals surface area contributed by atoms with E-state index in [9.17, 15) is 14.4 Å². The molecule has 0 unspecified atom stereocenters. The van der Waals surface area contributed by atoms with Crippen molar-refractivity contribution in [3.8, 4) is 11.8 Å². The van der Waals surface area contributed by atoms with Crippen LogP contribution in [0.2, 0.25) is 0 Å². The molecule has 1 aliphatic heterocycles. The molecule has 1 aromatic rings. The number of carbonyl (C=O) groups excluding carboxylic acids is 2. The van der Waals surface area contributed by atoms with Crippen LogP contribution in [0.3, 0.4) is 0 Å². The third-order valence-corrected chi connectivity index (χ3v) is 3.18. The maximum Gasteiger partial charge on any atom is 0.305 e. The molecule has 1 heterocycles. The lowest BCUT2D eigenvalue weighted by Gasteiger charge is -2.12. The van der Waals surface area contributed by atoms with E-state index in [1.54, 1.807) is 18.2 Å². The summed E-state index contributed by atoms with van der Waals surface area (Å²) in [6.45, 7) is 0.225. The number of nitrogens with one attached hydrogen (secondary N) is 2. The van der Waals surface area contributed by atoms with Gasteiger partial charge in [-0.25, -0.2) is 0 Å². The average molecular weight is 315 g/mol. The highest BCUT2D eigenvalue weighted by atomic mass is 16.5. The van der Waals surface area contributed by atoms with Crippen molar-refractivity contribution in [2.75, 3.05) is 19.0 Å². The van der Waals surface area contributed by atoms with Crippen molar-refractivity contribution in [3.63, 3.8) is 0 Å². The van der Waals surface area contributed by atoms with Gasteiger partial charge in [-0.2, -0.15) is 5.26 Å². The summed E-state index contributed by atoms with van der Waals surface area (Å²) in [4.78, 5) is 33.9. The van der Waals surface area contributed by atoms with Crippen molar-refractivity contribution < 1.29 is 24.2 Å². The second-order valence-corrected chi connectivity index (χ2v) is 4.63. The highest BCUT2D eigenvalue weighted by Crippen LogP contribution is 2.33. The van der Waals surface area contributed by atoms with E-state index in [4.69, 9.17) is 15.1 Å². The molecule has 0 aromatic heterocycles. The van der Waals surface area contributed by atoms with E-state index in [0.29, 0.717) is 11.3 Å². The number of amides is 2. The number of carboxylic acids is 1. The number of benzene rings is 1. The van der Waals surface area contributed by atoms with Crippen LogP contribution in [0.5, 0.6) is 5.75 Å². The van der Waals surface area contributed by atoms with Crippen LogP contribution >= 0.6 is 0 Å². The summed E-state index contributed by atoms with van der Waals surface area (Å²) >= 11 is 0. The number of nitriles is 1. The summed E-state index contributed by atoms with van der Waals surface area (Å²) in [5, 5.41) is 22.6. The molecule has 1 aromatic carbocycles. The van der Waals surface area contributed by atoms with Gasteiger partial charge in [0.1, 0.15) is 17.4 Å². The summed E-state index contributed by atoms with van der Waals surface area (Å²) < 4.78 is 5.21. The van der Waals surface area contributed by atoms with E-state index in [1.165, 1.54) is 13.2 Å². The predicted octanol–water partition coefficient (Wildman–Crippen LogP) is 0.515. The maximum atomic E-state index is 11.9. The van der Waals surface area contributed by atoms with Crippen molar-refractivity contribution in [1.82, 2.24) is 5.32 Å². The number of carboxylic acid groups (broad SMARTS) is 1. The zero-order valence-corrected chi connectivity index (χ0v) is 12.2. The van der Waals surface area contributed by atoms with E-state index in [2.05, 4.69) is 10.6 Å². The van der Waals surface area contributed by atoms with Gasteiger partial charge in [-0.05, 0) is 12.1 Å². The van der Waals surface area contributed by atoms with Gasteiger partial charge in [0.05, 0.1) is 19.1 Å². The number of nitrogens with zero attached hydrogens (tertiary/aromatic N) is 1. The van der Waals surface area contributed by atoms with Crippen LogP contribution in [-0.4, -0.2) is 36.5 Å². The number of hydrogen-bond donors (Lipinski definition) is 3. The Morgan fingerprint density at radius 3 is 2.74 bits per heavy atom. The molecule has 0 saturated heterocycles. The van der Waals surface area contributed by atoms with Gasteiger partial charge < -0.3 is 15.2 Å². The van der Waals surface area contributed by atoms with Crippen LogP contribution in [0.25, 0.3) is 5.57 Å². The van der Waals surface area contributed by atoms with Gasteiger partial charge in [-0.1, -0.05) is 0 Å². The number of anilines is 1. The highest BCUT2D eigenvalue weighted by molar-refractivity contribution is 6.37. The SMILES string of the molecule is COc1cc(NCCC(=O)O)ccc1C1=C(C#N)C(=O)NC1=O. The molecule has 0 bridgehead atoms. The molecule has 2 rings (SSSR count). The fourth-order valence-corrected chi connectivity index (χ4v) is 2.14. The molecule has 2 amide bonds. The van der Waals surface area contributed by atoms with Crippen LogP contribution in [0.1, 0.15) is 12.0 Å². The first-order valence-electron chi connectivity index (χ1n) is 6.62. The number of methoxy groups -OCH3 is 1. The van der Waals surface area contributed by atoms with E-state index < -0.39 is 17.8 Å². The molecule has 3 N–H and O–H groups in total. The van der Waals surface area contributed by atoms with Gasteiger partial charge in [-0.3, -0.25) is 19.7 Å². The lowest BCUT2D eigenvalue weighted by molar-refractivity contribution is -0.136. The van der Waals surface area contributed by atoms with Crippen molar-refractivity contribution in [2.45, 2.75) is 6.42 Å². The number of imide groups is 1. The molecule has 0 aliphatic carbocycles. The van der Waals surface area contributed by atoms with E-state index in [-0.39, 0.29) is 29.9 Å². The van der Waals surface area contributed by atoms with E-state index >= 15 is 0 Å². The van der Waals surface area contributed by atoms with Crippen molar-refractivity contribution in [3.05, 3.63) is 29.3 Å². The van der Waals surface area contributed by atoms with Crippen molar-refractivity contribution >= 4 is 29.0 Å². The summed E-state index contributed by atoms with van der Waals surface area (Å²) in [6.07, 6.45) is -0.0509. The molecule has 0 spiro atoms. The van der Waals surface area contributed by atoms with Crippen molar-refractivity contribution in [2.24, 2.45) is 0 Å². The largest absolute Gasteiger partial charge is 0.496 e. The van der Waals surface area contributed by atoms with Gasteiger partial charge in [0, 0.05) is 23.9 Å². The second kappa shape index (κ2) is 6.62. The van der Waals surface area contributed by atoms with Gasteiger partial charge in [-0.15, -0.1) is 0 Å². The second-order valence-electron chi connectivity index (χ2n) is 4.63. The minimum Gasteiger partial charge on any atom is -0.496 e. The molecule has 0 saturated carbocycles. The van der Waals surface area contributed by atoms with Crippen LogP contribution < -0.4 is 15.4 Å². The maximum absolute atomic E-state index is 11.9. The third-order valence-electron chi connectivity index (χ3n) is 3.18. The molecule has 0 radical (unpaired) electrons. The third kappa shape index (κ3) is 3.29. The number of ether oxygens (including phenoxy) is 1. The Balaban J connectivity index is 2.36. The minimum atomic E-state index is -0.925. The molecule has 1 aliphatic rings. The van der Waals surface area contributed by atoms with E-state index in [1.807, 2.05) is 0 Å². The Kier molecular flexibility index (Phi) is 4.61. The zero-order chi connectivity index (χ0) is 17.0. The van der Waals surface area contributed by atoms with Gasteiger partial charge in [0.15, 0.2) is 0 Å². The predicted molar refractivity (Wildman–Crippen MR) is 79.4 cm³/mol. The molecule has 0 atom stereocenters. The fraction of sp³-hybridized carbons (Fsp3) is 0.200. The smallest absolute Gasteiger partial charge is 0.305 e. The molecule has 8 nitrogen and oxygen atoms in total. The number of rotatable bonds is 6. The first-order chi connectivity index (χ1) is 11.0. The van der Waals surface area contributed by atoms with Gasteiger partial charge >= 0.3 is 5.97 Å². The summed E-state index contributed by atoms with van der Waals surface area (Å²) in [5.41, 5.74) is 0.609. The quantitative estimate of drug-likeness (QED) is 0.652.